The maximum absolute atomic E-state index is 14.8. The van der Waals surface area contributed by atoms with Crippen LogP contribution >= 0.6 is 0 Å². The fourth-order valence-corrected chi connectivity index (χ4v) is 7.02. The summed E-state index contributed by atoms with van der Waals surface area (Å²) in [6.07, 6.45) is 0.204. The number of rotatable bonds is 6. The second-order valence-corrected chi connectivity index (χ2v) is 10.9. The van der Waals surface area contributed by atoms with E-state index in [0.717, 1.165) is 16.7 Å². The number of nitriles is 1. The lowest BCUT2D eigenvalue weighted by Crippen LogP contribution is -2.58. The summed E-state index contributed by atoms with van der Waals surface area (Å²) >= 11 is 0. The predicted molar refractivity (Wildman–Crippen MR) is 161 cm³/mol. The minimum absolute atomic E-state index is 0.173. The van der Waals surface area contributed by atoms with Crippen molar-refractivity contribution in [2.75, 3.05) is 0 Å². The van der Waals surface area contributed by atoms with E-state index in [9.17, 15) is 15.2 Å². The van der Waals surface area contributed by atoms with Gasteiger partial charge < -0.3 is 5.11 Å². The summed E-state index contributed by atoms with van der Waals surface area (Å²) in [5.41, 5.74) is 1.14. The molecule has 0 heterocycles. The van der Waals surface area contributed by atoms with Crippen LogP contribution in [0.25, 0.3) is 0 Å². The summed E-state index contributed by atoms with van der Waals surface area (Å²) in [5, 5.41) is 24.5. The summed E-state index contributed by atoms with van der Waals surface area (Å²) in [5.74, 6) is -2.18. The zero-order valence-electron chi connectivity index (χ0n) is 22.7. The highest BCUT2D eigenvalue weighted by atomic mass is 16.3. The number of carbonyl (C=O) groups is 1. The van der Waals surface area contributed by atoms with Crippen molar-refractivity contribution in [1.82, 2.24) is 0 Å². The molecule has 5 aromatic rings. The predicted octanol–water partition coefficient (Wildman–Crippen LogP) is 7.81. The third-order valence-corrected chi connectivity index (χ3v) is 8.81. The largest absolute Gasteiger partial charge is 0.384 e. The zero-order chi connectivity index (χ0) is 28.3. The Morgan fingerprint density at radius 1 is 0.634 bits per heavy atom. The number of hydrogen-bond acceptors (Lipinski definition) is 3. The van der Waals surface area contributed by atoms with Crippen LogP contribution in [0.2, 0.25) is 0 Å². The number of carbonyl (C=O) groups excluding carboxylic acids is 1. The van der Waals surface area contributed by atoms with Crippen LogP contribution in [0.4, 0.5) is 0 Å². The minimum atomic E-state index is -1.55. The lowest BCUT2D eigenvalue weighted by Gasteiger charge is -2.56. The molecule has 0 unspecified atom stereocenters. The van der Waals surface area contributed by atoms with E-state index < -0.39 is 28.8 Å². The molecule has 1 aliphatic rings. The van der Waals surface area contributed by atoms with Gasteiger partial charge in [-0.25, -0.2) is 0 Å². The Morgan fingerprint density at radius 2 is 1.07 bits per heavy atom. The van der Waals surface area contributed by atoms with Crippen molar-refractivity contribution in [3.8, 4) is 6.07 Å². The average molecular weight is 534 g/mol. The molecule has 3 nitrogen and oxygen atoms in total. The van der Waals surface area contributed by atoms with Crippen molar-refractivity contribution in [3.63, 3.8) is 0 Å². The first-order valence-corrected chi connectivity index (χ1v) is 14.0. The van der Waals surface area contributed by atoms with Gasteiger partial charge in [-0.05, 0) is 28.7 Å². The Morgan fingerprint density at radius 3 is 1.59 bits per heavy atom. The fraction of sp³-hybridized carbons (Fsp3) is 0.158. The Balaban J connectivity index is 1.73. The molecule has 200 valence electrons. The van der Waals surface area contributed by atoms with Gasteiger partial charge in [-0.3, -0.25) is 4.79 Å². The quantitative estimate of drug-likeness (QED) is 0.227. The molecule has 41 heavy (non-hydrogen) atoms. The maximum atomic E-state index is 14.8. The molecule has 0 amide bonds. The van der Waals surface area contributed by atoms with Crippen molar-refractivity contribution in [2.45, 2.75) is 29.3 Å². The van der Waals surface area contributed by atoms with Gasteiger partial charge in [0.25, 0.3) is 0 Å². The second-order valence-electron chi connectivity index (χ2n) is 10.9. The Kier molecular flexibility index (Phi) is 7.10. The van der Waals surface area contributed by atoms with Gasteiger partial charge in [0.2, 0.25) is 0 Å². The molecular formula is C38H31NO2. The van der Waals surface area contributed by atoms with Crippen LogP contribution in [0.3, 0.4) is 0 Å². The molecule has 5 aromatic carbocycles. The third kappa shape index (κ3) is 4.47. The highest BCUT2D eigenvalue weighted by Crippen LogP contribution is 2.63. The fourth-order valence-electron chi connectivity index (χ4n) is 7.02. The highest BCUT2D eigenvalue weighted by molar-refractivity contribution is 6.00. The zero-order valence-corrected chi connectivity index (χ0v) is 22.7. The molecule has 1 N–H and O–H groups in total. The van der Waals surface area contributed by atoms with Crippen molar-refractivity contribution in [1.29, 1.82) is 5.26 Å². The topological polar surface area (TPSA) is 61.1 Å². The average Bonchev–Trinajstić information content (AvgIpc) is 3.06. The Hall–Kier alpha value is -4.78. The van der Waals surface area contributed by atoms with E-state index in [2.05, 4.69) is 6.07 Å². The van der Waals surface area contributed by atoms with Crippen LogP contribution in [0.5, 0.6) is 0 Å². The summed E-state index contributed by atoms with van der Waals surface area (Å²) in [6, 6.07) is 51.1. The minimum Gasteiger partial charge on any atom is -0.384 e. The van der Waals surface area contributed by atoms with Crippen molar-refractivity contribution >= 4 is 5.78 Å². The van der Waals surface area contributed by atoms with E-state index in [4.69, 9.17) is 0 Å². The number of hydrogen-bond donors (Lipinski definition) is 1. The van der Waals surface area contributed by atoms with Crippen LogP contribution in [0.1, 0.15) is 50.9 Å². The number of Topliss-reactive ketones (excluding diaryl/α,β-unsaturated/α-hetero) is 1. The highest BCUT2D eigenvalue weighted by Gasteiger charge is 2.64. The monoisotopic (exact) mass is 533 g/mol. The van der Waals surface area contributed by atoms with E-state index in [1.165, 1.54) is 0 Å². The van der Waals surface area contributed by atoms with E-state index in [0.29, 0.717) is 11.1 Å². The molecule has 1 saturated carbocycles. The van der Waals surface area contributed by atoms with Crippen LogP contribution in [0, 0.1) is 17.2 Å². The molecule has 5 atom stereocenters. The normalized spacial score (nSPS) is 25.6. The van der Waals surface area contributed by atoms with Crippen molar-refractivity contribution < 1.29 is 9.90 Å². The first kappa shape index (κ1) is 26.4. The maximum Gasteiger partial charge on any atom is 0.169 e. The molecular weight excluding hydrogens is 502 g/mol. The van der Waals surface area contributed by atoms with Crippen LogP contribution in [-0.2, 0) is 11.0 Å². The summed E-state index contributed by atoms with van der Waals surface area (Å²) in [6.45, 7) is 0. The smallest absolute Gasteiger partial charge is 0.169 e. The van der Waals surface area contributed by atoms with Gasteiger partial charge in [-0.15, -0.1) is 0 Å². The van der Waals surface area contributed by atoms with E-state index in [1.54, 1.807) is 12.1 Å². The molecule has 0 saturated heterocycles. The second kappa shape index (κ2) is 11.0. The van der Waals surface area contributed by atoms with Gasteiger partial charge >= 0.3 is 0 Å². The SMILES string of the molecule is N#C[C@]1(c2ccccc2)[C@@H](c2ccccc2)C[C@](O)(c2ccccc2)[C@H](C(=O)c2ccccc2)[C@@H]1c1ccccc1. The van der Waals surface area contributed by atoms with E-state index >= 15 is 0 Å². The third-order valence-electron chi connectivity index (χ3n) is 8.81. The van der Waals surface area contributed by atoms with Gasteiger partial charge in [-0.1, -0.05) is 152 Å². The van der Waals surface area contributed by atoms with Gasteiger partial charge in [0.15, 0.2) is 5.78 Å². The molecule has 6 rings (SSSR count). The number of benzene rings is 5. The molecule has 1 aliphatic carbocycles. The van der Waals surface area contributed by atoms with Gasteiger partial charge in [0.05, 0.1) is 17.4 Å². The van der Waals surface area contributed by atoms with E-state index in [-0.39, 0.29) is 12.2 Å². The van der Waals surface area contributed by atoms with Gasteiger partial charge in [-0.2, -0.15) is 5.26 Å². The van der Waals surface area contributed by atoms with Crippen LogP contribution < -0.4 is 0 Å². The lowest BCUT2D eigenvalue weighted by atomic mass is 9.46. The first-order chi connectivity index (χ1) is 20.1. The molecule has 1 fully saturated rings. The Labute approximate surface area is 241 Å². The molecule has 0 aromatic heterocycles. The molecule has 0 aliphatic heterocycles. The summed E-state index contributed by atoms with van der Waals surface area (Å²) in [4.78, 5) is 14.8. The summed E-state index contributed by atoms with van der Waals surface area (Å²) < 4.78 is 0. The Bertz CT molecular complexity index is 1650. The van der Waals surface area contributed by atoms with Crippen LogP contribution in [0.15, 0.2) is 152 Å². The first-order valence-electron chi connectivity index (χ1n) is 14.0. The van der Waals surface area contributed by atoms with Gasteiger partial charge in [0.1, 0.15) is 5.60 Å². The summed E-state index contributed by atoms with van der Waals surface area (Å²) in [7, 11) is 0. The van der Waals surface area contributed by atoms with Crippen LogP contribution in [-0.4, -0.2) is 10.9 Å². The number of nitrogens with zero attached hydrogens (tertiary/aromatic N) is 1. The molecule has 0 spiro atoms. The lowest BCUT2D eigenvalue weighted by molar-refractivity contribution is -0.0738. The van der Waals surface area contributed by atoms with Crippen molar-refractivity contribution in [3.05, 3.63) is 179 Å². The van der Waals surface area contributed by atoms with Crippen molar-refractivity contribution in [2.24, 2.45) is 5.92 Å². The van der Waals surface area contributed by atoms with Gasteiger partial charge in [0, 0.05) is 17.4 Å². The number of aliphatic hydroxyl groups is 1. The number of ketones is 1. The standard InChI is InChI=1S/C38H31NO2/c39-27-37(31-22-12-4-13-23-31)33(28-16-6-1-7-17-28)26-38(41,32-24-14-5-15-25-32)35(34(37)29-18-8-2-9-19-29)36(40)30-20-10-3-11-21-30/h1-25,33-35,41H,26H2/t33-,34+,35+,37+,38+/m1/s1. The van der Waals surface area contributed by atoms with E-state index in [1.807, 2.05) is 140 Å². The molecule has 3 heteroatoms. The molecule has 0 radical (unpaired) electrons. The molecule has 0 bridgehead atoms.